The fourth-order valence-corrected chi connectivity index (χ4v) is 2.44. The van der Waals surface area contributed by atoms with Crippen LogP contribution in [0.2, 0.25) is 0 Å². The molecule has 16 heavy (non-hydrogen) atoms. The van der Waals surface area contributed by atoms with Crippen molar-refractivity contribution in [1.29, 1.82) is 0 Å². The predicted molar refractivity (Wildman–Crippen MR) is 58.8 cm³/mol. The van der Waals surface area contributed by atoms with E-state index in [0.29, 0.717) is 18.2 Å². The van der Waals surface area contributed by atoms with Gasteiger partial charge in [0.1, 0.15) is 5.82 Å². The lowest BCUT2D eigenvalue weighted by atomic mass is 10.2. The Morgan fingerprint density at radius 3 is 3.00 bits per heavy atom. The van der Waals surface area contributed by atoms with Crippen molar-refractivity contribution in [2.45, 2.75) is 25.5 Å². The van der Waals surface area contributed by atoms with Crippen LogP contribution < -0.4 is 9.64 Å². The molecule has 1 aromatic rings. The Balaban J connectivity index is 1.91. The highest BCUT2D eigenvalue weighted by Gasteiger charge is 2.39. The summed E-state index contributed by atoms with van der Waals surface area (Å²) in [5.74, 6) is 0.958. The van der Waals surface area contributed by atoms with Crippen molar-refractivity contribution < 1.29 is 9.47 Å². The van der Waals surface area contributed by atoms with Gasteiger partial charge in [0.2, 0.25) is 0 Å². The molecule has 2 aliphatic heterocycles. The lowest BCUT2D eigenvalue weighted by Crippen LogP contribution is -2.37. The fraction of sp³-hybridized carbons (Fsp3) is 0.636. The highest BCUT2D eigenvalue weighted by Crippen LogP contribution is 2.32. The zero-order valence-corrected chi connectivity index (χ0v) is 9.51. The van der Waals surface area contributed by atoms with Crippen molar-refractivity contribution in [3.63, 3.8) is 0 Å². The van der Waals surface area contributed by atoms with Gasteiger partial charge in [0.05, 0.1) is 25.9 Å². The number of ether oxygens (including phenoxy) is 2. The Morgan fingerprint density at radius 2 is 2.38 bits per heavy atom. The Kier molecular flexibility index (Phi) is 2.21. The van der Waals surface area contributed by atoms with Gasteiger partial charge in [-0.15, -0.1) is 0 Å². The minimum Gasteiger partial charge on any atom is -0.467 e. The number of anilines is 1. The molecule has 2 bridgehead atoms. The molecule has 0 aromatic carbocycles. The monoisotopic (exact) mass is 221 g/mol. The van der Waals surface area contributed by atoms with Crippen molar-refractivity contribution in [1.82, 2.24) is 9.97 Å². The van der Waals surface area contributed by atoms with Gasteiger partial charge in [-0.25, -0.2) is 4.98 Å². The van der Waals surface area contributed by atoms with Gasteiger partial charge in [0, 0.05) is 18.3 Å². The maximum absolute atomic E-state index is 5.57. The molecule has 5 heteroatoms. The Bertz CT molecular complexity index is 410. The lowest BCUT2D eigenvalue weighted by Gasteiger charge is -2.28. The largest absolute Gasteiger partial charge is 0.467 e. The van der Waals surface area contributed by atoms with Gasteiger partial charge in [-0.3, -0.25) is 0 Å². The average Bonchev–Trinajstić information content (AvgIpc) is 2.89. The van der Waals surface area contributed by atoms with Gasteiger partial charge in [-0.05, 0) is 13.3 Å². The van der Waals surface area contributed by atoms with Crippen LogP contribution in [0.5, 0.6) is 6.01 Å². The third-order valence-electron chi connectivity index (χ3n) is 3.20. The number of morpholine rings is 1. The molecule has 86 valence electrons. The van der Waals surface area contributed by atoms with E-state index in [-0.39, 0.29) is 0 Å². The molecule has 3 heterocycles. The molecule has 0 saturated carbocycles. The topological polar surface area (TPSA) is 47.5 Å². The second-order valence-electron chi connectivity index (χ2n) is 4.35. The van der Waals surface area contributed by atoms with Crippen molar-refractivity contribution in [3.8, 4) is 6.01 Å². The number of hydrogen-bond donors (Lipinski definition) is 0. The molecule has 0 aliphatic carbocycles. The standard InChI is InChI=1S/C11H15N3O2/c1-7-3-10(13-11(12-7)15-2)14-5-9-4-8(14)6-16-9/h3,8-9H,4-6H2,1-2H3. The summed E-state index contributed by atoms with van der Waals surface area (Å²) >= 11 is 0. The molecule has 1 aromatic heterocycles. The normalized spacial score (nSPS) is 27.5. The maximum atomic E-state index is 5.57. The van der Waals surface area contributed by atoms with Crippen molar-refractivity contribution in [3.05, 3.63) is 11.8 Å². The summed E-state index contributed by atoms with van der Waals surface area (Å²) in [6.07, 6.45) is 1.50. The number of rotatable bonds is 2. The van der Waals surface area contributed by atoms with Crippen LogP contribution in [-0.2, 0) is 4.74 Å². The van der Waals surface area contributed by atoms with Crippen LogP contribution in [-0.4, -0.2) is 42.4 Å². The van der Waals surface area contributed by atoms with Crippen LogP contribution in [0.4, 0.5) is 5.82 Å². The first-order chi connectivity index (χ1) is 7.76. The molecule has 3 rings (SSSR count). The Morgan fingerprint density at radius 1 is 1.50 bits per heavy atom. The quantitative estimate of drug-likeness (QED) is 0.738. The molecule has 2 atom stereocenters. The van der Waals surface area contributed by atoms with E-state index in [9.17, 15) is 0 Å². The van der Waals surface area contributed by atoms with Gasteiger partial charge < -0.3 is 14.4 Å². The van der Waals surface area contributed by atoms with Gasteiger partial charge in [0.25, 0.3) is 0 Å². The van der Waals surface area contributed by atoms with Crippen LogP contribution >= 0.6 is 0 Å². The van der Waals surface area contributed by atoms with Crippen molar-refractivity contribution >= 4 is 5.82 Å². The zero-order valence-electron chi connectivity index (χ0n) is 9.51. The van der Waals surface area contributed by atoms with E-state index in [0.717, 1.165) is 31.1 Å². The first-order valence-electron chi connectivity index (χ1n) is 5.54. The molecule has 2 fully saturated rings. The number of fused-ring (bicyclic) bond motifs is 2. The summed E-state index contributed by atoms with van der Waals surface area (Å²) in [6.45, 7) is 3.71. The molecule has 0 radical (unpaired) electrons. The molecule has 0 N–H and O–H groups in total. The third-order valence-corrected chi connectivity index (χ3v) is 3.20. The molecular formula is C11H15N3O2. The van der Waals surface area contributed by atoms with Crippen LogP contribution in [0.15, 0.2) is 6.07 Å². The second-order valence-corrected chi connectivity index (χ2v) is 4.35. The van der Waals surface area contributed by atoms with Crippen LogP contribution in [0.3, 0.4) is 0 Å². The van der Waals surface area contributed by atoms with Gasteiger partial charge >= 0.3 is 6.01 Å². The summed E-state index contributed by atoms with van der Waals surface area (Å²) in [4.78, 5) is 10.9. The Hall–Kier alpha value is -1.36. The van der Waals surface area contributed by atoms with E-state index in [1.54, 1.807) is 7.11 Å². The SMILES string of the molecule is COc1nc(C)cc(N2CC3CC2CO3)n1. The van der Waals surface area contributed by atoms with E-state index < -0.39 is 0 Å². The number of aromatic nitrogens is 2. The smallest absolute Gasteiger partial charge is 0.318 e. The number of nitrogens with zero attached hydrogens (tertiary/aromatic N) is 3. The summed E-state index contributed by atoms with van der Waals surface area (Å²) in [5, 5.41) is 0. The first-order valence-corrected chi connectivity index (χ1v) is 5.54. The molecule has 0 amide bonds. The van der Waals surface area contributed by atoms with E-state index >= 15 is 0 Å². The maximum Gasteiger partial charge on any atom is 0.318 e. The number of hydrogen-bond acceptors (Lipinski definition) is 5. The van der Waals surface area contributed by atoms with Crippen molar-refractivity contribution in [2.24, 2.45) is 0 Å². The number of methoxy groups -OCH3 is 1. The van der Waals surface area contributed by atoms with Crippen molar-refractivity contribution in [2.75, 3.05) is 25.2 Å². The average molecular weight is 221 g/mol. The number of aryl methyl sites for hydroxylation is 1. The lowest BCUT2D eigenvalue weighted by molar-refractivity contribution is 0.0988. The Labute approximate surface area is 94.4 Å². The fourth-order valence-electron chi connectivity index (χ4n) is 2.44. The van der Waals surface area contributed by atoms with E-state index in [1.807, 2.05) is 13.0 Å². The van der Waals surface area contributed by atoms with E-state index in [1.165, 1.54) is 0 Å². The van der Waals surface area contributed by atoms with Gasteiger partial charge in [0.15, 0.2) is 0 Å². The second kappa shape index (κ2) is 3.59. The molecule has 2 saturated heterocycles. The summed E-state index contributed by atoms with van der Waals surface area (Å²) in [7, 11) is 1.60. The summed E-state index contributed by atoms with van der Waals surface area (Å²) < 4.78 is 10.7. The van der Waals surface area contributed by atoms with Gasteiger partial charge in [-0.2, -0.15) is 4.98 Å². The summed E-state index contributed by atoms with van der Waals surface area (Å²) in [5.41, 5.74) is 0.936. The minimum atomic E-state index is 0.381. The molecular weight excluding hydrogens is 206 g/mol. The van der Waals surface area contributed by atoms with Gasteiger partial charge in [-0.1, -0.05) is 0 Å². The van der Waals surface area contributed by atoms with Crippen LogP contribution in [0, 0.1) is 6.92 Å². The van der Waals surface area contributed by atoms with Crippen LogP contribution in [0.1, 0.15) is 12.1 Å². The first kappa shape index (κ1) is 9.84. The molecule has 5 nitrogen and oxygen atoms in total. The molecule has 2 aliphatic rings. The molecule has 2 unspecified atom stereocenters. The highest BCUT2D eigenvalue weighted by molar-refractivity contribution is 5.44. The molecule has 0 spiro atoms. The predicted octanol–water partition coefficient (Wildman–Crippen LogP) is 0.771. The summed E-state index contributed by atoms with van der Waals surface area (Å²) in [6, 6.07) is 2.92. The third kappa shape index (κ3) is 1.51. The van der Waals surface area contributed by atoms with E-state index in [2.05, 4.69) is 14.9 Å². The van der Waals surface area contributed by atoms with E-state index in [4.69, 9.17) is 9.47 Å². The highest BCUT2D eigenvalue weighted by atomic mass is 16.5. The minimum absolute atomic E-state index is 0.381. The van der Waals surface area contributed by atoms with Crippen LogP contribution in [0.25, 0.3) is 0 Å². The zero-order chi connectivity index (χ0) is 11.1.